The summed E-state index contributed by atoms with van der Waals surface area (Å²) in [5.41, 5.74) is 2.14. The number of nitrogens with zero attached hydrogens (tertiary/aromatic N) is 4. The Morgan fingerprint density at radius 1 is 0.944 bits per heavy atom. The Kier molecular flexibility index (Phi) is 7.82. The van der Waals surface area contributed by atoms with Gasteiger partial charge in [0.2, 0.25) is 0 Å². The van der Waals surface area contributed by atoms with Crippen molar-refractivity contribution in [1.29, 1.82) is 0 Å². The topological polar surface area (TPSA) is 64.2 Å². The van der Waals surface area contributed by atoms with E-state index in [1.807, 2.05) is 24.3 Å². The zero-order chi connectivity index (χ0) is 25.9. The maximum absolute atomic E-state index is 14.5. The van der Waals surface area contributed by atoms with Gasteiger partial charge in [-0.05, 0) is 48.0 Å². The summed E-state index contributed by atoms with van der Waals surface area (Å²) in [5, 5.41) is 0.679. The molecule has 190 valence electrons. The molecule has 7 nitrogen and oxygen atoms in total. The molecule has 0 saturated carbocycles. The number of carbonyl (C=O) groups excluding carboxylic acids is 1. The molecule has 0 aliphatic carbocycles. The van der Waals surface area contributed by atoms with Crippen LogP contribution >= 0.6 is 11.6 Å². The Hall–Kier alpha value is -3.14. The minimum absolute atomic E-state index is 0.0380. The van der Waals surface area contributed by atoms with Crippen molar-refractivity contribution in [2.45, 2.75) is 6.54 Å². The SMILES string of the molecule is CN(C)S(=O)(=O)N(Cc1ccc(C(=O)N2CCN(c3cccc(Cl)c3)CC2)cc1)c1ccccc1F. The van der Waals surface area contributed by atoms with Crippen LogP contribution in [0.3, 0.4) is 0 Å². The van der Waals surface area contributed by atoms with E-state index in [2.05, 4.69) is 4.90 Å². The van der Waals surface area contributed by atoms with Crippen molar-refractivity contribution in [2.75, 3.05) is 49.5 Å². The summed E-state index contributed by atoms with van der Waals surface area (Å²) in [7, 11) is -1.15. The van der Waals surface area contributed by atoms with Gasteiger partial charge in [-0.2, -0.15) is 12.7 Å². The van der Waals surface area contributed by atoms with Crippen LogP contribution in [0.2, 0.25) is 5.02 Å². The van der Waals surface area contributed by atoms with E-state index >= 15 is 0 Å². The van der Waals surface area contributed by atoms with Crippen LogP contribution in [0.1, 0.15) is 15.9 Å². The third-order valence-electron chi connectivity index (χ3n) is 6.13. The summed E-state index contributed by atoms with van der Waals surface area (Å²) >= 11 is 6.10. The standard InChI is InChI=1S/C26H28ClFN4O3S/c1-29(2)36(34,35)32(25-9-4-3-8-24(25)28)19-20-10-12-21(13-11-20)26(33)31-16-14-30(15-17-31)23-7-5-6-22(27)18-23/h3-13,18H,14-17,19H2,1-2H3. The van der Waals surface area contributed by atoms with Gasteiger partial charge in [-0.1, -0.05) is 41.9 Å². The molecule has 1 aliphatic rings. The van der Waals surface area contributed by atoms with E-state index in [4.69, 9.17) is 11.6 Å². The largest absolute Gasteiger partial charge is 0.368 e. The highest BCUT2D eigenvalue weighted by atomic mass is 35.5. The number of hydrogen-bond donors (Lipinski definition) is 0. The number of amides is 1. The molecule has 0 radical (unpaired) electrons. The predicted octanol–water partition coefficient (Wildman–Crippen LogP) is 4.25. The van der Waals surface area contributed by atoms with Crippen LogP contribution in [-0.2, 0) is 16.8 Å². The van der Waals surface area contributed by atoms with Crippen molar-refractivity contribution in [3.05, 3.63) is 94.8 Å². The molecule has 1 aliphatic heterocycles. The molecule has 1 heterocycles. The van der Waals surface area contributed by atoms with E-state index in [1.165, 1.54) is 32.3 Å². The Balaban J connectivity index is 1.45. The van der Waals surface area contributed by atoms with Gasteiger partial charge in [-0.3, -0.25) is 9.10 Å². The van der Waals surface area contributed by atoms with Crippen molar-refractivity contribution >= 4 is 39.1 Å². The lowest BCUT2D eigenvalue weighted by atomic mass is 10.1. The van der Waals surface area contributed by atoms with E-state index in [9.17, 15) is 17.6 Å². The number of carbonyl (C=O) groups is 1. The maximum atomic E-state index is 14.5. The molecule has 3 aromatic rings. The molecular weight excluding hydrogens is 503 g/mol. The first-order chi connectivity index (χ1) is 17.2. The first-order valence-corrected chi connectivity index (χ1v) is 13.3. The van der Waals surface area contributed by atoms with Crippen LogP contribution in [0.25, 0.3) is 0 Å². The molecule has 3 aromatic carbocycles. The third kappa shape index (κ3) is 5.64. The zero-order valence-corrected chi connectivity index (χ0v) is 21.7. The van der Waals surface area contributed by atoms with E-state index in [0.717, 1.165) is 14.3 Å². The molecule has 0 spiro atoms. The normalized spacial score (nSPS) is 14.2. The lowest BCUT2D eigenvalue weighted by Crippen LogP contribution is -2.48. The summed E-state index contributed by atoms with van der Waals surface area (Å²) in [6.45, 7) is 2.48. The van der Waals surface area contributed by atoms with Crippen LogP contribution < -0.4 is 9.21 Å². The van der Waals surface area contributed by atoms with Crippen LogP contribution in [0, 0.1) is 5.82 Å². The maximum Gasteiger partial charge on any atom is 0.303 e. The van der Waals surface area contributed by atoms with Crippen LogP contribution in [0.5, 0.6) is 0 Å². The van der Waals surface area contributed by atoms with Crippen LogP contribution in [0.4, 0.5) is 15.8 Å². The van der Waals surface area contributed by atoms with Gasteiger partial charge in [0.25, 0.3) is 5.91 Å². The fraction of sp³-hybridized carbons (Fsp3) is 0.269. The van der Waals surface area contributed by atoms with Gasteiger partial charge in [0.05, 0.1) is 12.2 Å². The molecule has 0 aromatic heterocycles. The van der Waals surface area contributed by atoms with Crippen molar-refractivity contribution in [3.8, 4) is 0 Å². The molecule has 0 bridgehead atoms. The average Bonchev–Trinajstić information content (AvgIpc) is 2.88. The van der Waals surface area contributed by atoms with Gasteiger partial charge < -0.3 is 9.80 Å². The molecule has 0 unspecified atom stereocenters. The summed E-state index contributed by atoms with van der Waals surface area (Å²) in [6, 6.07) is 20.2. The smallest absolute Gasteiger partial charge is 0.303 e. The van der Waals surface area contributed by atoms with Crippen molar-refractivity contribution in [1.82, 2.24) is 9.21 Å². The number of benzene rings is 3. The van der Waals surface area contributed by atoms with Crippen molar-refractivity contribution in [3.63, 3.8) is 0 Å². The van der Waals surface area contributed by atoms with E-state index in [1.54, 1.807) is 35.2 Å². The average molecular weight is 531 g/mol. The summed E-state index contributed by atoms with van der Waals surface area (Å²) in [5.74, 6) is -0.717. The molecule has 36 heavy (non-hydrogen) atoms. The first-order valence-electron chi connectivity index (χ1n) is 11.5. The Bertz CT molecular complexity index is 1330. The van der Waals surface area contributed by atoms with Gasteiger partial charge in [0.15, 0.2) is 0 Å². The Morgan fingerprint density at radius 2 is 1.61 bits per heavy atom. The summed E-state index contributed by atoms with van der Waals surface area (Å²) in [6.07, 6.45) is 0. The fourth-order valence-corrected chi connectivity index (χ4v) is 5.37. The number of hydrogen-bond acceptors (Lipinski definition) is 4. The second-order valence-electron chi connectivity index (χ2n) is 8.70. The highest BCUT2D eigenvalue weighted by Crippen LogP contribution is 2.26. The molecule has 1 fully saturated rings. The molecule has 1 amide bonds. The molecule has 0 atom stereocenters. The first kappa shape index (κ1) is 25.9. The minimum atomic E-state index is -3.95. The molecule has 4 rings (SSSR count). The van der Waals surface area contributed by atoms with Gasteiger partial charge >= 0.3 is 10.2 Å². The van der Waals surface area contributed by atoms with E-state index in [0.29, 0.717) is 42.3 Å². The highest BCUT2D eigenvalue weighted by Gasteiger charge is 2.28. The van der Waals surface area contributed by atoms with Crippen molar-refractivity contribution in [2.24, 2.45) is 0 Å². The lowest BCUT2D eigenvalue weighted by molar-refractivity contribution is 0.0746. The monoisotopic (exact) mass is 530 g/mol. The molecule has 10 heteroatoms. The second kappa shape index (κ2) is 10.9. The molecule has 1 saturated heterocycles. The Labute approximate surface area is 216 Å². The summed E-state index contributed by atoms with van der Waals surface area (Å²) < 4.78 is 42.4. The lowest BCUT2D eigenvalue weighted by Gasteiger charge is -2.36. The number of rotatable bonds is 7. The van der Waals surface area contributed by atoms with Gasteiger partial charge in [-0.15, -0.1) is 0 Å². The zero-order valence-electron chi connectivity index (χ0n) is 20.1. The van der Waals surface area contributed by atoms with Gasteiger partial charge in [-0.25, -0.2) is 4.39 Å². The minimum Gasteiger partial charge on any atom is -0.368 e. The second-order valence-corrected chi connectivity index (χ2v) is 11.2. The van der Waals surface area contributed by atoms with Gasteiger partial charge in [0.1, 0.15) is 5.82 Å². The highest BCUT2D eigenvalue weighted by molar-refractivity contribution is 7.90. The van der Waals surface area contributed by atoms with E-state index < -0.39 is 16.0 Å². The Morgan fingerprint density at radius 3 is 2.22 bits per heavy atom. The fourth-order valence-electron chi connectivity index (χ4n) is 4.08. The molecular formula is C26H28ClFN4O3S. The molecule has 0 N–H and O–H groups in total. The van der Waals surface area contributed by atoms with E-state index in [-0.39, 0.29) is 18.1 Å². The number of anilines is 2. The third-order valence-corrected chi connectivity index (χ3v) is 8.17. The number of piperazine rings is 1. The van der Waals surface area contributed by atoms with Gasteiger partial charge in [0, 0.05) is 56.5 Å². The van der Waals surface area contributed by atoms with Crippen LogP contribution in [-0.4, -0.2) is 63.8 Å². The quantitative estimate of drug-likeness (QED) is 0.458. The summed E-state index contributed by atoms with van der Waals surface area (Å²) in [4.78, 5) is 17.1. The number of para-hydroxylation sites is 1. The van der Waals surface area contributed by atoms with Crippen LogP contribution in [0.15, 0.2) is 72.8 Å². The predicted molar refractivity (Wildman–Crippen MR) is 141 cm³/mol. The number of halogens is 2. The van der Waals surface area contributed by atoms with Crippen molar-refractivity contribution < 1.29 is 17.6 Å².